The Balaban J connectivity index is 2.15. The molecule has 0 aliphatic heterocycles. The van der Waals surface area contributed by atoms with E-state index in [1.807, 2.05) is 6.92 Å². The average Bonchev–Trinajstić information content (AvgIpc) is 2.69. The highest BCUT2D eigenvalue weighted by molar-refractivity contribution is 9.10. The molecule has 1 aromatic heterocycles. The van der Waals surface area contributed by atoms with Gasteiger partial charge in [0.15, 0.2) is 0 Å². The highest BCUT2D eigenvalue weighted by Crippen LogP contribution is 2.25. The zero-order valence-electron chi connectivity index (χ0n) is 9.28. The summed E-state index contributed by atoms with van der Waals surface area (Å²) in [7, 11) is 0. The summed E-state index contributed by atoms with van der Waals surface area (Å²) in [5.74, 6) is 0.986. The first-order valence-corrected chi connectivity index (χ1v) is 6.04. The highest BCUT2D eigenvalue weighted by atomic mass is 79.9. The molecule has 0 aliphatic rings. The topological polar surface area (TPSA) is 33.4 Å². The first-order chi connectivity index (χ1) is 8.06. The van der Waals surface area contributed by atoms with Crippen LogP contribution in [0.5, 0.6) is 0 Å². The number of hydrogen-bond donors (Lipinski definition) is 1. The van der Waals surface area contributed by atoms with E-state index >= 15 is 0 Å². The molecule has 4 heteroatoms. The number of aliphatic hydroxyl groups is 1. The molecular weight excluding hydrogens is 287 g/mol. The summed E-state index contributed by atoms with van der Waals surface area (Å²) >= 11 is 3.27. The summed E-state index contributed by atoms with van der Waals surface area (Å²) in [6, 6.07) is 7.96. The largest absolute Gasteiger partial charge is 0.464 e. The smallest absolute Gasteiger partial charge is 0.132 e. The van der Waals surface area contributed by atoms with Crippen LogP contribution in [0.4, 0.5) is 4.39 Å². The maximum atomic E-state index is 12.9. The molecule has 2 aromatic rings. The van der Waals surface area contributed by atoms with Gasteiger partial charge in [-0.05, 0) is 36.8 Å². The molecule has 0 amide bonds. The van der Waals surface area contributed by atoms with Crippen LogP contribution < -0.4 is 0 Å². The average molecular weight is 299 g/mol. The lowest BCUT2D eigenvalue weighted by Gasteiger charge is -2.09. The van der Waals surface area contributed by atoms with Crippen LogP contribution in [-0.4, -0.2) is 5.11 Å². The molecule has 0 saturated carbocycles. The molecule has 1 N–H and O–H groups in total. The second kappa shape index (κ2) is 5.02. The zero-order chi connectivity index (χ0) is 12.4. The van der Waals surface area contributed by atoms with Gasteiger partial charge in [-0.2, -0.15) is 0 Å². The van der Waals surface area contributed by atoms with E-state index in [9.17, 15) is 9.50 Å². The van der Waals surface area contributed by atoms with Gasteiger partial charge in [0.05, 0.1) is 0 Å². The minimum atomic E-state index is -0.717. The maximum absolute atomic E-state index is 12.9. The lowest BCUT2D eigenvalue weighted by Crippen LogP contribution is -2.01. The molecule has 0 saturated heterocycles. The van der Waals surface area contributed by atoms with Gasteiger partial charge in [-0.25, -0.2) is 4.39 Å². The van der Waals surface area contributed by atoms with Crippen LogP contribution >= 0.6 is 15.9 Å². The standard InChI is InChI=1S/C13H12BrFO2/c1-8-2-5-13(17-8)12(16)6-9-3-4-10(15)7-11(9)14/h2-5,7,12,16H,6H2,1H3. The van der Waals surface area contributed by atoms with Crippen LogP contribution in [0.1, 0.15) is 23.2 Å². The Morgan fingerprint density at radius 3 is 2.71 bits per heavy atom. The Hall–Kier alpha value is -1.13. The Bertz CT molecular complexity index is 522. The van der Waals surface area contributed by atoms with Crippen molar-refractivity contribution in [3.63, 3.8) is 0 Å². The number of benzene rings is 1. The van der Waals surface area contributed by atoms with Crippen LogP contribution in [0.25, 0.3) is 0 Å². The third-order valence-corrected chi connectivity index (χ3v) is 3.26. The van der Waals surface area contributed by atoms with Gasteiger partial charge in [-0.1, -0.05) is 22.0 Å². The summed E-state index contributed by atoms with van der Waals surface area (Å²) in [4.78, 5) is 0. The van der Waals surface area contributed by atoms with Crippen molar-refractivity contribution in [2.24, 2.45) is 0 Å². The molecule has 0 spiro atoms. The van der Waals surface area contributed by atoms with Crippen molar-refractivity contribution >= 4 is 15.9 Å². The molecule has 17 heavy (non-hydrogen) atoms. The van der Waals surface area contributed by atoms with Crippen LogP contribution in [0.2, 0.25) is 0 Å². The molecule has 2 rings (SSSR count). The van der Waals surface area contributed by atoms with E-state index in [1.54, 1.807) is 18.2 Å². The summed E-state index contributed by atoms with van der Waals surface area (Å²) < 4.78 is 18.9. The molecule has 1 atom stereocenters. The minimum Gasteiger partial charge on any atom is -0.464 e. The van der Waals surface area contributed by atoms with Crippen molar-refractivity contribution in [2.45, 2.75) is 19.4 Å². The van der Waals surface area contributed by atoms with Gasteiger partial charge >= 0.3 is 0 Å². The number of furan rings is 1. The highest BCUT2D eigenvalue weighted by Gasteiger charge is 2.14. The SMILES string of the molecule is Cc1ccc(C(O)Cc2ccc(F)cc2Br)o1. The summed E-state index contributed by atoms with van der Waals surface area (Å²) in [5, 5.41) is 9.97. The summed E-state index contributed by atoms with van der Waals surface area (Å²) in [6.45, 7) is 1.82. The maximum Gasteiger partial charge on any atom is 0.132 e. The van der Waals surface area contributed by atoms with Gasteiger partial charge in [0, 0.05) is 10.9 Å². The van der Waals surface area contributed by atoms with Crippen LogP contribution in [0.15, 0.2) is 39.2 Å². The van der Waals surface area contributed by atoms with E-state index in [4.69, 9.17) is 4.42 Å². The number of aryl methyl sites for hydroxylation is 1. The Kier molecular flexibility index (Phi) is 3.64. The van der Waals surface area contributed by atoms with Crippen LogP contribution in [0, 0.1) is 12.7 Å². The fraction of sp³-hybridized carbons (Fsp3) is 0.231. The Labute approximate surface area is 107 Å². The zero-order valence-corrected chi connectivity index (χ0v) is 10.9. The summed E-state index contributed by atoms with van der Waals surface area (Å²) in [6.07, 6.45) is -0.334. The molecule has 2 nitrogen and oxygen atoms in total. The Morgan fingerprint density at radius 2 is 2.12 bits per heavy atom. The lowest BCUT2D eigenvalue weighted by molar-refractivity contribution is 0.148. The third kappa shape index (κ3) is 2.96. The van der Waals surface area contributed by atoms with E-state index in [0.717, 1.165) is 11.3 Å². The van der Waals surface area contributed by atoms with Crippen molar-refractivity contribution in [3.8, 4) is 0 Å². The Morgan fingerprint density at radius 1 is 1.35 bits per heavy atom. The predicted molar refractivity (Wildman–Crippen MR) is 66.2 cm³/mol. The van der Waals surface area contributed by atoms with Gasteiger partial charge in [-0.15, -0.1) is 0 Å². The fourth-order valence-corrected chi connectivity index (χ4v) is 2.14. The number of rotatable bonds is 3. The monoisotopic (exact) mass is 298 g/mol. The van der Waals surface area contributed by atoms with Crippen molar-refractivity contribution < 1.29 is 13.9 Å². The van der Waals surface area contributed by atoms with E-state index in [0.29, 0.717) is 16.7 Å². The van der Waals surface area contributed by atoms with Gasteiger partial charge in [-0.3, -0.25) is 0 Å². The molecular formula is C13H12BrFO2. The van der Waals surface area contributed by atoms with E-state index in [1.165, 1.54) is 12.1 Å². The molecule has 0 bridgehead atoms. The van der Waals surface area contributed by atoms with Gasteiger partial charge in [0.25, 0.3) is 0 Å². The third-order valence-electron chi connectivity index (χ3n) is 2.52. The molecule has 0 radical (unpaired) electrons. The van der Waals surface area contributed by atoms with Crippen LogP contribution in [0.3, 0.4) is 0 Å². The van der Waals surface area contributed by atoms with Crippen molar-refractivity contribution in [2.75, 3.05) is 0 Å². The molecule has 90 valence electrons. The quantitative estimate of drug-likeness (QED) is 0.936. The molecule has 1 aromatic carbocycles. The molecule has 1 unspecified atom stereocenters. The van der Waals surface area contributed by atoms with Gasteiger partial charge in [0.1, 0.15) is 23.4 Å². The fourth-order valence-electron chi connectivity index (χ4n) is 1.63. The van der Waals surface area contributed by atoms with Crippen LogP contribution in [-0.2, 0) is 6.42 Å². The normalized spacial score (nSPS) is 12.7. The number of halogens is 2. The van der Waals surface area contributed by atoms with Crippen molar-refractivity contribution in [1.82, 2.24) is 0 Å². The lowest BCUT2D eigenvalue weighted by atomic mass is 10.1. The first-order valence-electron chi connectivity index (χ1n) is 5.24. The second-order valence-electron chi connectivity index (χ2n) is 3.90. The van der Waals surface area contributed by atoms with Crippen molar-refractivity contribution in [3.05, 3.63) is 57.7 Å². The van der Waals surface area contributed by atoms with Crippen molar-refractivity contribution in [1.29, 1.82) is 0 Å². The number of hydrogen-bond acceptors (Lipinski definition) is 2. The minimum absolute atomic E-state index is 0.302. The van der Waals surface area contributed by atoms with E-state index < -0.39 is 6.10 Å². The number of aliphatic hydroxyl groups excluding tert-OH is 1. The molecule has 1 heterocycles. The van der Waals surface area contributed by atoms with Gasteiger partial charge < -0.3 is 9.52 Å². The molecule has 0 aliphatic carbocycles. The predicted octanol–water partition coefficient (Wildman–Crippen LogP) is 3.77. The molecule has 0 fully saturated rings. The van der Waals surface area contributed by atoms with E-state index in [-0.39, 0.29) is 5.82 Å². The van der Waals surface area contributed by atoms with Gasteiger partial charge in [0.2, 0.25) is 0 Å². The summed E-state index contributed by atoms with van der Waals surface area (Å²) in [5.41, 5.74) is 0.841. The van der Waals surface area contributed by atoms with E-state index in [2.05, 4.69) is 15.9 Å². The first kappa shape index (κ1) is 12.3. The second-order valence-corrected chi connectivity index (χ2v) is 4.76.